The Kier molecular flexibility index (Phi) is 4.06. The molecule has 3 aromatic rings. The zero-order chi connectivity index (χ0) is 16.4. The van der Waals surface area contributed by atoms with Crippen LogP contribution in [0.2, 0.25) is 0 Å². The Morgan fingerprint density at radius 1 is 0.913 bits per heavy atom. The van der Waals surface area contributed by atoms with E-state index in [1.54, 1.807) is 19.2 Å². The summed E-state index contributed by atoms with van der Waals surface area (Å²) in [7, 11) is 1.55. The minimum absolute atomic E-state index is 0.317. The first-order chi connectivity index (χ1) is 11.1. The van der Waals surface area contributed by atoms with Gasteiger partial charge in [0.1, 0.15) is 11.6 Å². The lowest BCUT2D eigenvalue weighted by Crippen LogP contribution is -1.95. The number of halogens is 2. The van der Waals surface area contributed by atoms with Crippen molar-refractivity contribution in [1.82, 2.24) is 4.98 Å². The molecule has 0 aliphatic rings. The first-order valence-electron chi connectivity index (χ1n) is 7.15. The number of rotatable bonds is 3. The summed E-state index contributed by atoms with van der Waals surface area (Å²) < 4.78 is 32.6. The van der Waals surface area contributed by atoms with Gasteiger partial charge in [-0.25, -0.2) is 9.37 Å². The fraction of sp³-hybridized carbons (Fsp3) is 0.105. The Hall–Kier alpha value is -2.75. The van der Waals surface area contributed by atoms with Gasteiger partial charge in [0, 0.05) is 23.4 Å². The lowest BCUT2D eigenvalue weighted by molar-refractivity contribution is 0.418. The number of nitrogens with zero attached hydrogens (tertiary/aromatic N) is 1. The van der Waals surface area contributed by atoms with E-state index in [1.807, 2.05) is 25.1 Å². The van der Waals surface area contributed by atoms with Crippen molar-refractivity contribution in [1.29, 1.82) is 0 Å². The van der Waals surface area contributed by atoms with Gasteiger partial charge in [-0.2, -0.15) is 4.39 Å². The average molecular weight is 311 g/mol. The van der Waals surface area contributed by atoms with Crippen LogP contribution in [-0.2, 0) is 0 Å². The molecule has 0 N–H and O–H groups in total. The molecule has 0 aliphatic heterocycles. The maximum absolute atomic E-state index is 13.6. The number of aromatic nitrogens is 1. The second-order valence-electron chi connectivity index (χ2n) is 5.27. The summed E-state index contributed by atoms with van der Waals surface area (Å²) in [6.07, 6.45) is 1.41. The SMILES string of the molecule is COc1c(-c2cccc(F)c2)cc(C)cc1-c1ccnc(F)c1. The number of hydrogen-bond acceptors (Lipinski definition) is 2. The Labute approximate surface area is 133 Å². The molecular weight excluding hydrogens is 296 g/mol. The Morgan fingerprint density at radius 2 is 1.61 bits per heavy atom. The monoisotopic (exact) mass is 311 g/mol. The number of benzene rings is 2. The van der Waals surface area contributed by atoms with E-state index in [-0.39, 0.29) is 5.82 Å². The Bertz CT molecular complexity index is 795. The standard InChI is InChI=1S/C19H15F2NO/c1-12-8-16(13-4-3-5-15(20)10-13)19(23-2)17(9-12)14-6-7-22-18(21)11-14/h3-11H,1-2H3. The summed E-state index contributed by atoms with van der Waals surface area (Å²) in [6, 6.07) is 13.2. The van der Waals surface area contributed by atoms with E-state index in [0.717, 1.165) is 16.7 Å². The molecule has 0 radical (unpaired) electrons. The maximum Gasteiger partial charge on any atom is 0.213 e. The van der Waals surface area contributed by atoms with Crippen LogP contribution in [-0.4, -0.2) is 12.1 Å². The average Bonchev–Trinajstić information content (AvgIpc) is 2.54. The summed E-state index contributed by atoms with van der Waals surface area (Å²) in [5.41, 5.74) is 3.85. The van der Waals surface area contributed by atoms with Crippen molar-refractivity contribution < 1.29 is 13.5 Å². The van der Waals surface area contributed by atoms with E-state index >= 15 is 0 Å². The highest BCUT2D eigenvalue weighted by molar-refractivity contribution is 5.83. The second-order valence-corrected chi connectivity index (χ2v) is 5.27. The van der Waals surface area contributed by atoms with Gasteiger partial charge in [0.2, 0.25) is 5.95 Å². The van der Waals surface area contributed by atoms with Gasteiger partial charge >= 0.3 is 0 Å². The minimum Gasteiger partial charge on any atom is -0.495 e. The summed E-state index contributed by atoms with van der Waals surface area (Å²) >= 11 is 0. The number of pyridine rings is 1. The molecule has 3 rings (SSSR count). The molecule has 0 unspecified atom stereocenters. The molecule has 116 valence electrons. The number of methoxy groups -OCH3 is 1. The van der Waals surface area contributed by atoms with E-state index in [4.69, 9.17) is 4.74 Å². The second kappa shape index (κ2) is 6.16. The molecule has 2 nitrogen and oxygen atoms in total. The predicted molar refractivity (Wildman–Crippen MR) is 86.3 cm³/mol. The normalized spacial score (nSPS) is 10.6. The van der Waals surface area contributed by atoms with Crippen LogP contribution in [0.1, 0.15) is 5.56 Å². The van der Waals surface area contributed by atoms with Crippen LogP contribution in [0.5, 0.6) is 5.75 Å². The first kappa shape index (κ1) is 15.2. The van der Waals surface area contributed by atoms with E-state index in [1.165, 1.54) is 24.4 Å². The quantitative estimate of drug-likeness (QED) is 0.634. The summed E-state index contributed by atoms with van der Waals surface area (Å²) in [5, 5.41) is 0. The van der Waals surface area contributed by atoms with Crippen molar-refractivity contribution in [3.8, 4) is 28.0 Å². The zero-order valence-corrected chi connectivity index (χ0v) is 12.8. The minimum atomic E-state index is -0.557. The van der Waals surface area contributed by atoms with Gasteiger partial charge < -0.3 is 4.74 Å². The molecular formula is C19H15F2NO. The number of aryl methyl sites for hydroxylation is 1. The molecule has 0 bridgehead atoms. The van der Waals surface area contributed by atoms with E-state index in [9.17, 15) is 8.78 Å². The third kappa shape index (κ3) is 3.06. The highest BCUT2D eigenvalue weighted by Crippen LogP contribution is 2.40. The van der Waals surface area contributed by atoms with E-state index in [2.05, 4.69) is 4.98 Å². The molecule has 0 amide bonds. The Morgan fingerprint density at radius 3 is 2.22 bits per heavy atom. The van der Waals surface area contributed by atoms with Crippen LogP contribution in [0.4, 0.5) is 8.78 Å². The zero-order valence-electron chi connectivity index (χ0n) is 12.8. The van der Waals surface area contributed by atoms with Crippen LogP contribution in [0.25, 0.3) is 22.3 Å². The molecule has 4 heteroatoms. The van der Waals surface area contributed by atoms with Gasteiger partial charge in [-0.05, 0) is 53.9 Å². The van der Waals surface area contributed by atoms with Crippen LogP contribution in [0, 0.1) is 18.7 Å². The van der Waals surface area contributed by atoms with Crippen LogP contribution in [0.15, 0.2) is 54.7 Å². The fourth-order valence-corrected chi connectivity index (χ4v) is 2.65. The van der Waals surface area contributed by atoms with Crippen LogP contribution < -0.4 is 4.74 Å². The molecule has 0 atom stereocenters. The molecule has 0 aliphatic carbocycles. The topological polar surface area (TPSA) is 22.1 Å². The fourth-order valence-electron chi connectivity index (χ4n) is 2.65. The summed E-state index contributed by atoms with van der Waals surface area (Å²) in [4.78, 5) is 3.58. The smallest absolute Gasteiger partial charge is 0.213 e. The van der Waals surface area contributed by atoms with Gasteiger partial charge in [0.15, 0.2) is 0 Å². The molecule has 0 fully saturated rings. The van der Waals surface area contributed by atoms with Gasteiger partial charge in [-0.1, -0.05) is 12.1 Å². The van der Waals surface area contributed by atoms with Gasteiger partial charge in [0.05, 0.1) is 7.11 Å². The summed E-state index contributed by atoms with van der Waals surface area (Å²) in [6.45, 7) is 1.93. The maximum atomic E-state index is 13.6. The van der Waals surface area contributed by atoms with Crippen molar-refractivity contribution in [2.45, 2.75) is 6.92 Å². The number of hydrogen-bond donors (Lipinski definition) is 0. The van der Waals surface area contributed by atoms with Gasteiger partial charge in [0.25, 0.3) is 0 Å². The van der Waals surface area contributed by atoms with Crippen molar-refractivity contribution >= 4 is 0 Å². The van der Waals surface area contributed by atoms with Crippen LogP contribution in [0.3, 0.4) is 0 Å². The van der Waals surface area contributed by atoms with Crippen molar-refractivity contribution in [3.05, 3.63) is 72.1 Å². The third-order valence-electron chi connectivity index (χ3n) is 3.61. The van der Waals surface area contributed by atoms with Crippen LogP contribution >= 0.6 is 0 Å². The lowest BCUT2D eigenvalue weighted by Gasteiger charge is -2.15. The Balaban J connectivity index is 2.26. The van der Waals surface area contributed by atoms with Crippen molar-refractivity contribution in [2.75, 3.05) is 7.11 Å². The predicted octanol–water partition coefficient (Wildman–Crippen LogP) is 5.01. The largest absolute Gasteiger partial charge is 0.495 e. The third-order valence-corrected chi connectivity index (χ3v) is 3.61. The van der Waals surface area contributed by atoms with Gasteiger partial charge in [-0.3, -0.25) is 0 Å². The van der Waals surface area contributed by atoms with E-state index in [0.29, 0.717) is 16.9 Å². The summed E-state index contributed by atoms with van der Waals surface area (Å²) in [5.74, 6) is -0.298. The number of ether oxygens (including phenoxy) is 1. The van der Waals surface area contributed by atoms with E-state index < -0.39 is 5.95 Å². The highest BCUT2D eigenvalue weighted by Gasteiger charge is 2.15. The lowest BCUT2D eigenvalue weighted by atomic mass is 9.95. The van der Waals surface area contributed by atoms with Crippen molar-refractivity contribution in [3.63, 3.8) is 0 Å². The molecule has 23 heavy (non-hydrogen) atoms. The highest BCUT2D eigenvalue weighted by atomic mass is 19.1. The molecule has 1 heterocycles. The molecule has 1 aromatic heterocycles. The molecule has 0 saturated heterocycles. The molecule has 0 spiro atoms. The van der Waals surface area contributed by atoms with Gasteiger partial charge in [-0.15, -0.1) is 0 Å². The first-order valence-corrected chi connectivity index (χ1v) is 7.15. The molecule has 2 aromatic carbocycles. The molecule has 0 saturated carbocycles. The van der Waals surface area contributed by atoms with Crippen molar-refractivity contribution in [2.24, 2.45) is 0 Å².